The number of nitrogens with zero attached hydrogens (tertiary/aromatic N) is 1. The molecule has 0 radical (unpaired) electrons. The highest BCUT2D eigenvalue weighted by molar-refractivity contribution is 5.49. The molecule has 0 bridgehead atoms. The van der Waals surface area contributed by atoms with Gasteiger partial charge in [0.2, 0.25) is 0 Å². The molecular weight excluding hydrogens is 206 g/mol. The van der Waals surface area contributed by atoms with Crippen molar-refractivity contribution in [1.29, 1.82) is 0 Å². The highest BCUT2D eigenvalue weighted by atomic mass is 15.2. The maximum atomic E-state index is 4.06. The van der Waals surface area contributed by atoms with Crippen LogP contribution in [0.15, 0.2) is 54.1 Å². The maximum Gasteiger partial charge on any atom is 0.0371 e. The van der Waals surface area contributed by atoms with Crippen LogP contribution in [0.1, 0.15) is 26.7 Å². The number of hydrogen-bond acceptors (Lipinski definition) is 1. The van der Waals surface area contributed by atoms with Gasteiger partial charge in [0.25, 0.3) is 0 Å². The highest BCUT2D eigenvalue weighted by Gasteiger charge is 2.21. The van der Waals surface area contributed by atoms with Crippen LogP contribution >= 0.6 is 0 Å². The Morgan fingerprint density at radius 3 is 2.71 bits per heavy atom. The lowest BCUT2D eigenvalue weighted by Gasteiger charge is -2.37. The number of benzene rings is 1. The zero-order valence-electron chi connectivity index (χ0n) is 10.8. The molecular formula is C16H21N. The molecule has 90 valence electrons. The molecule has 0 N–H and O–H groups in total. The average molecular weight is 227 g/mol. The van der Waals surface area contributed by atoms with E-state index in [9.17, 15) is 0 Å². The summed E-state index contributed by atoms with van der Waals surface area (Å²) < 4.78 is 0. The molecule has 0 fully saturated rings. The summed E-state index contributed by atoms with van der Waals surface area (Å²) in [6.07, 6.45) is 4.57. The van der Waals surface area contributed by atoms with Gasteiger partial charge in [-0.2, -0.15) is 0 Å². The van der Waals surface area contributed by atoms with E-state index in [0.29, 0.717) is 6.04 Å². The summed E-state index contributed by atoms with van der Waals surface area (Å²) >= 11 is 0. The number of rotatable bonds is 3. The topological polar surface area (TPSA) is 3.24 Å². The van der Waals surface area contributed by atoms with Crippen LogP contribution in [0.4, 0.5) is 5.69 Å². The second kappa shape index (κ2) is 5.22. The van der Waals surface area contributed by atoms with E-state index < -0.39 is 0 Å². The van der Waals surface area contributed by atoms with Crippen molar-refractivity contribution in [2.45, 2.75) is 32.7 Å². The fraction of sp³-hybridized carbons (Fsp3) is 0.375. The van der Waals surface area contributed by atoms with Crippen LogP contribution in [0.3, 0.4) is 0 Å². The van der Waals surface area contributed by atoms with Gasteiger partial charge < -0.3 is 4.90 Å². The van der Waals surface area contributed by atoms with Gasteiger partial charge in [0, 0.05) is 18.3 Å². The van der Waals surface area contributed by atoms with Gasteiger partial charge in [-0.25, -0.2) is 0 Å². The van der Waals surface area contributed by atoms with Crippen molar-refractivity contribution in [2.24, 2.45) is 0 Å². The zero-order chi connectivity index (χ0) is 12.3. The lowest BCUT2D eigenvalue weighted by atomic mass is 9.95. The normalized spacial score (nSPS) is 20.0. The molecule has 0 saturated carbocycles. The van der Waals surface area contributed by atoms with Gasteiger partial charge in [-0.05, 0) is 38.8 Å². The predicted molar refractivity (Wildman–Crippen MR) is 75.4 cm³/mol. The lowest BCUT2D eigenvalue weighted by molar-refractivity contribution is 0.578. The second-order valence-electron chi connectivity index (χ2n) is 5.06. The molecule has 1 nitrogen and oxygen atoms in total. The zero-order valence-corrected chi connectivity index (χ0v) is 10.8. The first kappa shape index (κ1) is 12.0. The Hall–Kier alpha value is -1.50. The molecule has 0 saturated heterocycles. The second-order valence-corrected chi connectivity index (χ2v) is 5.06. The summed E-state index contributed by atoms with van der Waals surface area (Å²) in [7, 11) is 0. The first-order valence-electron chi connectivity index (χ1n) is 6.28. The maximum absolute atomic E-state index is 4.06. The molecule has 0 spiro atoms. The largest absolute Gasteiger partial charge is 0.364 e. The Bertz CT molecular complexity index is 416. The predicted octanol–water partition coefficient (Wildman–Crippen LogP) is 4.18. The van der Waals surface area contributed by atoms with Crippen LogP contribution in [0, 0.1) is 0 Å². The molecule has 1 atom stereocenters. The minimum atomic E-state index is 0.569. The third kappa shape index (κ3) is 3.00. The summed E-state index contributed by atoms with van der Waals surface area (Å²) in [6, 6.07) is 11.2. The van der Waals surface area contributed by atoms with Gasteiger partial charge in [-0.3, -0.25) is 0 Å². The average Bonchev–Trinajstić information content (AvgIpc) is 2.29. The Kier molecular flexibility index (Phi) is 3.68. The Labute approximate surface area is 104 Å². The molecule has 1 aliphatic rings. The van der Waals surface area contributed by atoms with Crippen molar-refractivity contribution >= 4 is 5.69 Å². The van der Waals surface area contributed by atoms with Gasteiger partial charge >= 0.3 is 0 Å². The molecule has 1 heterocycles. The van der Waals surface area contributed by atoms with E-state index in [1.54, 1.807) is 0 Å². The van der Waals surface area contributed by atoms with Crippen molar-refractivity contribution in [1.82, 2.24) is 0 Å². The molecule has 17 heavy (non-hydrogen) atoms. The summed E-state index contributed by atoms with van der Waals surface area (Å²) in [5, 5.41) is 0. The lowest BCUT2D eigenvalue weighted by Crippen LogP contribution is -2.38. The van der Waals surface area contributed by atoms with Crippen LogP contribution in [-0.2, 0) is 0 Å². The fourth-order valence-electron chi connectivity index (χ4n) is 2.49. The molecule has 2 rings (SSSR count). The molecule has 1 aromatic carbocycles. The van der Waals surface area contributed by atoms with Crippen LogP contribution in [0.2, 0.25) is 0 Å². The van der Waals surface area contributed by atoms with Crippen LogP contribution in [0.5, 0.6) is 0 Å². The van der Waals surface area contributed by atoms with Gasteiger partial charge in [0.15, 0.2) is 0 Å². The monoisotopic (exact) mass is 227 g/mol. The Morgan fingerprint density at radius 1 is 1.35 bits per heavy atom. The van der Waals surface area contributed by atoms with Gasteiger partial charge in [0.1, 0.15) is 0 Å². The molecule has 0 aliphatic carbocycles. The number of hydrogen-bond donors (Lipinski definition) is 0. The van der Waals surface area contributed by atoms with Crippen LogP contribution in [0.25, 0.3) is 0 Å². The SMILES string of the molecule is C=C(C)C[C@H]1CC(C)=CCN1c1ccccc1. The molecule has 1 heteroatoms. The van der Waals surface area contributed by atoms with Crippen LogP contribution < -0.4 is 4.90 Å². The molecule has 0 unspecified atom stereocenters. The van der Waals surface area contributed by atoms with Gasteiger partial charge in [-0.15, -0.1) is 6.58 Å². The van der Waals surface area contributed by atoms with E-state index in [1.807, 2.05) is 0 Å². The standard InChI is InChI=1S/C16H21N/c1-13(2)11-16-12-14(3)9-10-17(16)15-7-5-4-6-8-15/h4-9,16H,1,10-12H2,2-3H3/t16-/m0/s1. The van der Waals surface area contributed by atoms with E-state index in [2.05, 4.69) is 61.7 Å². The first-order valence-corrected chi connectivity index (χ1v) is 6.28. The number of anilines is 1. The Morgan fingerprint density at radius 2 is 2.06 bits per heavy atom. The minimum Gasteiger partial charge on any atom is -0.364 e. The van der Waals surface area contributed by atoms with Crippen molar-refractivity contribution in [3.05, 3.63) is 54.1 Å². The van der Waals surface area contributed by atoms with E-state index in [4.69, 9.17) is 0 Å². The summed E-state index contributed by atoms with van der Waals surface area (Å²) in [6.45, 7) is 9.43. The first-order chi connectivity index (χ1) is 8.16. The Balaban J connectivity index is 2.21. The van der Waals surface area contributed by atoms with Crippen molar-refractivity contribution < 1.29 is 0 Å². The smallest absolute Gasteiger partial charge is 0.0371 e. The summed E-state index contributed by atoms with van der Waals surface area (Å²) in [5.41, 5.74) is 4.09. The molecule has 0 amide bonds. The van der Waals surface area contributed by atoms with Crippen molar-refractivity contribution in [3.8, 4) is 0 Å². The van der Waals surface area contributed by atoms with Crippen LogP contribution in [-0.4, -0.2) is 12.6 Å². The minimum absolute atomic E-state index is 0.569. The van der Waals surface area contributed by atoms with Crippen molar-refractivity contribution in [3.63, 3.8) is 0 Å². The third-order valence-electron chi connectivity index (χ3n) is 3.31. The van der Waals surface area contributed by atoms with E-state index >= 15 is 0 Å². The third-order valence-corrected chi connectivity index (χ3v) is 3.31. The molecule has 1 aliphatic heterocycles. The van der Waals surface area contributed by atoms with Gasteiger partial charge in [0.05, 0.1) is 0 Å². The van der Waals surface area contributed by atoms with E-state index in [1.165, 1.54) is 16.8 Å². The highest BCUT2D eigenvalue weighted by Crippen LogP contribution is 2.27. The van der Waals surface area contributed by atoms with E-state index in [0.717, 1.165) is 19.4 Å². The van der Waals surface area contributed by atoms with E-state index in [-0.39, 0.29) is 0 Å². The summed E-state index contributed by atoms with van der Waals surface area (Å²) in [5.74, 6) is 0. The van der Waals surface area contributed by atoms with Gasteiger partial charge in [-0.1, -0.05) is 35.4 Å². The summed E-state index contributed by atoms with van der Waals surface area (Å²) in [4.78, 5) is 2.49. The fourth-order valence-corrected chi connectivity index (χ4v) is 2.49. The molecule has 1 aromatic rings. The quantitative estimate of drug-likeness (QED) is 0.700. The van der Waals surface area contributed by atoms with Crippen molar-refractivity contribution in [2.75, 3.05) is 11.4 Å². The molecule has 0 aromatic heterocycles. The number of para-hydroxylation sites is 1.